The quantitative estimate of drug-likeness (QED) is 0.887. The van der Waals surface area contributed by atoms with Crippen LogP contribution in [0.3, 0.4) is 0 Å². The van der Waals surface area contributed by atoms with E-state index in [1.807, 2.05) is 12.1 Å². The topological polar surface area (TPSA) is 66.6 Å². The summed E-state index contributed by atoms with van der Waals surface area (Å²) in [5.74, 6) is 0.161. The van der Waals surface area contributed by atoms with Crippen molar-refractivity contribution in [1.82, 2.24) is 4.90 Å². The molecule has 1 aromatic carbocycles. The van der Waals surface area contributed by atoms with Gasteiger partial charge in [-0.3, -0.25) is 4.79 Å². The monoisotopic (exact) mass is 261 g/mol. The zero-order valence-corrected chi connectivity index (χ0v) is 11.3. The molecule has 2 N–H and O–H groups in total. The molecular formula is C14H19N3O2. The van der Waals surface area contributed by atoms with Crippen molar-refractivity contribution in [2.24, 2.45) is 5.73 Å². The van der Waals surface area contributed by atoms with E-state index in [1.165, 1.54) is 10.5 Å². The molecule has 0 spiro atoms. The number of benzene rings is 1. The van der Waals surface area contributed by atoms with Crippen LogP contribution in [0.4, 0.5) is 10.5 Å². The van der Waals surface area contributed by atoms with E-state index < -0.39 is 6.03 Å². The molecule has 0 saturated carbocycles. The highest BCUT2D eigenvalue weighted by atomic mass is 16.2. The van der Waals surface area contributed by atoms with Gasteiger partial charge in [0.05, 0.1) is 0 Å². The zero-order chi connectivity index (χ0) is 14.0. The Morgan fingerprint density at radius 3 is 2.84 bits per heavy atom. The van der Waals surface area contributed by atoms with E-state index in [0.29, 0.717) is 13.0 Å². The molecule has 0 atom stereocenters. The molecule has 1 aliphatic heterocycles. The molecule has 0 saturated heterocycles. The molecule has 1 aliphatic rings. The maximum absolute atomic E-state index is 11.6. The minimum Gasteiger partial charge on any atom is -0.351 e. The summed E-state index contributed by atoms with van der Waals surface area (Å²) >= 11 is 0. The maximum Gasteiger partial charge on any atom is 0.314 e. The lowest BCUT2D eigenvalue weighted by Crippen LogP contribution is -2.33. The number of rotatable bonds is 3. The number of primary amides is 1. The Morgan fingerprint density at radius 1 is 1.42 bits per heavy atom. The molecule has 0 aromatic heterocycles. The number of nitrogens with two attached hydrogens (primary N) is 1. The highest BCUT2D eigenvalue weighted by molar-refractivity contribution is 5.95. The largest absolute Gasteiger partial charge is 0.351 e. The molecule has 0 unspecified atom stereocenters. The molecule has 1 heterocycles. The minimum atomic E-state index is -0.414. The SMILES string of the molecule is CN(CCc1ccc2c(c1)CCC(=O)N2C)C(N)=O. The minimum absolute atomic E-state index is 0.161. The van der Waals surface area contributed by atoms with Gasteiger partial charge in [0.25, 0.3) is 0 Å². The molecule has 0 aliphatic carbocycles. The van der Waals surface area contributed by atoms with E-state index in [-0.39, 0.29) is 5.91 Å². The second kappa shape index (κ2) is 5.30. The second-order valence-electron chi connectivity index (χ2n) is 4.93. The number of aryl methyl sites for hydroxylation is 1. The molecule has 19 heavy (non-hydrogen) atoms. The van der Waals surface area contributed by atoms with Gasteiger partial charge in [0, 0.05) is 32.7 Å². The summed E-state index contributed by atoms with van der Waals surface area (Å²) in [4.78, 5) is 25.7. The van der Waals surface area contributed by atoms with Crippen molar-refractivity contribution in [2.45, 2.75) is 19.3 Å². The van der Waals surface area contributed by atoms with Crippen LogP contribution >= 0.6 is 0 Å². The summed E-state index contributed by atoms with van der Waals surface area (Å²) in [6.45, 7) is 0.600. The van der Waals surface area contributed by atoms with E-state index in [1.54, 1.807) is 19.0 Å². The van der Waals surface area contributed by atoms with Gasteiger partial charge in [0.15, 0.2) is 0 Å². The molecule has 1 aromatic rings. The van der Waals surface area contributed by atoms with Gasteiger partial charge in [-0.05, 0) is 30.0 Å². The van der Waals surface area contributed by atoms with Crippen LogP contribution in [0.5, 0.6) is 0 Å². The Kier molecular flexibility index (Phi) is 3.74. The summed E-state index contributed by atoms with van der Waals surface area (Å²) in [6.07, 6.45) is 2.12. The van der Waals surface area contributed by atoms with Crippen molar-refractivity contribution >= 4 is 17.6 Å². The smallest absolute Gasteiger partial charge is 0.314 e. The van der Waals surface area contributed by atoms with Crippen LogP contribution in [-0.4, -0.2) is 37.5 Å². The van der Waals surface area contributed by atoms with Crippen LogP contribution in [0.1, 0.15) is 17.5 Å². The fourth-order valence-electron chi connectivity index (χ4n) is 2.27. The number of carbonyl (C=O) groups excluding carboxylic acids is 2. The number of urea groups is 1. The second-order valence-corrected chi connectivity index (χ2v) is 4.93. The fourth-order valence-corrected chi connectivity index (χ4v) is 2.27. The number of likely N-dealkylation sites (N-methyl/N-ethyl adjacent to an activating group) is 1. The van der Waals surface area contributed by atoms with Crippen LogP contribution < -0.4 is 10.6 Å². The highest BCUT2D eigenvalue weighted by Crippen LogP contribution is 2.27. The molecule has 102 valence electrons. The van der Waals surface area contributed by atoms with Gasteiger partial charge in [-0.1, -0.05) is 12.1 Å². The third-order valence-electron chi connectivity index (χ3n) is 3.60. The zero-order valence-electron chi connectivity index (χ0n) is 11.3. The standard InChI is InChI=1S/C14H19N3O2/c1-16(14(15)19)8-7-10-3-5-12-11(9-10)4-6-13(18)17(12)2/h3,5,9H,4,6-8H2,1-2H3,(H2,15,19). The van der Waals surface area contributed by atoms with Gasteiger partial charge in [-0.25, -0.2) is 4.79 Å². The third-order valence-corrected chi connectivity index (χ3v) is 3.60. The summed E-state index contributed by atoms with van der Waals surface area (Å²) < 4.78 is 0. The average molecular weight is 261 g/mol. The number of amides is 3. The van der Waals surface area contributed by atoms with Crippen molar-refractivity contribution in [1.29, 1.82) is 0 Å². The van der Waals surface area contributed by atoms with Crippen LogP contribution in [0, 0.1) is 0 Å². The van der Waals surface area contributed by atoms with Gasteiger partial charge in [-0.2, -0.15) is 0 Å². The van der Waals surface area contributed by atoms with E-state index in [9.17, 15) is 9.59 Å². The first-order valence-electron chi connectivity index (χ1n) is 6.38. The highest BCUT2D eigenvalue weighted by Gasteiger charge is 2.20. The molecular weight excluding hydrogens is 242 g/mol. The first-order chi connectivity index (χ1) is 8.99. The van der Waals surface area contributed by atoms with Crippen LogP contribution in [0.25, 0.3) is 0 Å². The number of carbonyl (C=O) groups is 2. The van der Waals surface area contributed by atoms with Crippen molar-refractivity contribution in [3.63, 3.8) is 0 Å². The molecule has 0 radical (unpaired) electrons. The van der Waals surface area contributed by atoms with E-state index in [0.717, 1.165) is 24.1 Å². The van der Waals surface area contributed by atoms with Crippen molar-refractivity contribution in [3.05, 3.63) is 29.3 Å². The normalized spacial score (nSPS) is 14.2. The van der Waals surface area contributed by atoms with E-state index in [4.69, 9.17) is 5.73 Å². The fraction of sp³-hybridized carbons (Fsp3) is 0.429. The summed E-state index contributed by atoms with van der Waals surface area (Å²) in [6, 6.07) is 5.69. The first-order valence-corrected chi connectivity index (χ1v) is 6.38. The number of hydrogen-bond donors (Lipinski definition) is 1. The predicted octanol–water partition coefficient (Wildman–Crippen LogP) is 1.15. The van der Waals surface area contributed by atoms with Crippen molar-refractivity contribution in [3.8, 4) is 0 Å². The van der Waals surface area contributed by atoms with Crippen molar-refractivity contribution in [2.75, 3.05) is 25.5 Å². The number of fused-ring (bicyclic) bond motifs is 1. The van der Waals surface area contributed by atoms with Gasteiger partial charge < -0.3 is 15.5 Å². The molecule has 0 bridgehead atoms. The number of hydrogen-bond acceptors (Lipinski definition) is 2. The van der Waals surface area contributed by atoms with Gasteiger partial charge in [0.1, 0.15) is 0 Å². The van der Waals surface area contributed by atoms with Gasteiger partial charge in [0.2, 0.25) is 5.91 Å². The lowest BCUT2D eigenvalue weighted by atomic mass is 9.98. The van der Waals surface area contributed by atoms with Crippen LogP contribution in [0.2, 0.25) is 0 Å². The maximum atomic E-state index is 11.6. The van der Waals surface area contributed by atoms with Gasteiger partial charge >= 0.3 is 6.03 Å². The van der Waals surface area contributed by atoms with E-state index in [2.05, 4.69) is 6.07 Å². The summed E-state index contributed by atoms with van der Waals surface area (Å²) in [5.41, 5.74) is 8.53. The Bertz CT molecular complexity index is 513. The average Bonchev–Trinajstić information content (AvgIpc) is 2.40. The molecule has 5 heteroatoms. The van der Waals surface area contributed by atoms with Crippen molar-refractivity contribution < 1.29 is 9.59 Å². The molecule has 5 nitrogen and oxygen atoms in total. The summed E-state index contributed by atoms with van der Waals surface area (Å²) in [7, 11) is 3.49. The van der Waals surface area contributed by atoms with Gasteiger partial charge in [-0.15, -0.1) is 0 Å². The lowest BCUT2D eigenvalue weighted by molar-refractivity contribution is -0.118. The lowest BCUT2D eigenvalue weighted by Gasteiger charge is -2.26. The predicted molar refractivity (Wildman–Crippen MR) is 74.1 cm³/mol. The Balaban J connectivity index is 2.09. The number of nitrogens with zero attached hydrogens (tertiary/aromatic N) is 2. The molecule has 3 amide bonds. The van der Waals surface area contributed by atoms with E-state index >= 15 is 0 Å². The molecule has 0 fully saturated rings. The Labute approximate surface area is 113 Å². The van der Waals surface area contributed by atoms with Crippen LogP contribution in [0.15, 0.2) is 18.2 Å². The third kappa shape index (κ3) is 2.86. The van der Waals surface area contributed by atoms with Crippen LogP contribution in [-0.2, 0) is 17.6 Å². The Hall–Kier alpha value is -2.04. The molecule has 2 rings (SSSR count). The summed E-state index contributed by atoms with van der Waals surface area (Å²) in [5, 5.41) is 0. The number of anilines is 1. The first kappa shape index (κ1) is 13.4. The Morgan fingerprint density at radius 2 is 2.16 bits per heavy atom.